The van der Waals surface area contributed by atoms with Crippen molar-refractivity contribution in [3.8, 4) is 0 Å². The number of hydrogen-bond donors (Lipinski definition) is 0. The Morgan fingerprint density at radius 3 is 2.57 bits per heavy atom. The Hall–Kier alpha value is -1.57. The average molecular weight is 324 g/mol. The quantitative estimate of drug-likeness (QED) is 0.691. The lowest BCUT2D eigenvalue weighted by atomic mass is 9.81. The molecule has 0 heterocycles. The van der Waals surface area contributed by atoms with Crippen LogP contribution in [0, 0.1) is 0 Å². The molecule has 0 fully saturated rings. The summed E-state index contributed by atoms with van der Waals surface area (Å²) in [5.74, 6) is 0. The molecule has 23 heavy (non-hydrogen) atoms. The second kappa shape index (κ2) is 5.81. The van der Waals surface area contributed by atoms with Gasteiger partial charge in [0.2, 0.25) is 0 Å². The van der Waals surface area contributed by atoms with Gasteiger partial charge in [-0.1, -0.05) is 41.9 Å². The lowest BCUT2D eigenvalue weighted by Gasteiger charge is -2.32. The Morgan fingerprint density at radius 1 is 0.957 bits per heavy atom. The van der Waals surface area contributed by atoms with E-state index in [1.807, 2.05) is 6.07 Å². The van der Waals surface area contributed by atoms with Crippen molar-refractivity contribution in [3.63, 3.8) is 0 Å². The van der Waals surface area contributed by atoms with Crippen molar-refractivity contribution < 1.29 is 0 Å². The smallest absolute Gasteiger partial charge is 0.0409 e. The van der Waals surface area contributed by atoms with Gasteiger partial charge < -0.3 is 4.90 Å². The third kappa shape index (κ3) is 2.62. The molecule has 0 amide bonds. The Morgan fingerprint density at radius 2 is 1.74 bits per heavy atom. The number of rotatable bonds is 1. The van der Waals surface area contributed by atoms with Crippen LogP contribution in [0.1, 0.15) is 41.5 Å². The van der Waals surface area contributed by atoms with Crippen LogP contribution in [0.15, 0.2) is 42.5 Å². The second-order valence-corrected chi connectivity index (χ2v) is 7.39. The van der Waals surface area contributed by atoms with E-state index in [1.165, 1.54) is 28.7 Å². The first-order chi connectivity index (χ1) is 11.1. The summed E-state index contributed by atoms with van der Waals surface area (Å²) < 4.78 is 0. The third-order valence-electron chi connectivity index (χ3n) is 5.38. The fourth-order valence-corrected chi connectivity index (χ4v) is 4.30. The summed E-state index contributed by atoms with van der Waals surface area (Å²) >= 11 is 6.27. The Kier molecular flexibility index (Phi) is 3.79. The van der Waals surface area contributed by atoms with Crippen molar-refractivity contribution in [2.75, 3.05) is 14.1 Å². The van der Waals surface area contributed by atoms with Crippen LogP contribution in [-0.4, -0.2) is 25.0 Å². The van der Waals surface area contributed by atoms with Crippen molar-refractivity contribution in [3.05, 3.63) is 69.7 Å². The Labute approximate surface area is 143 Å². The fraction of sp³-hybridized carbons (Fsp3) is 0.333. The van der Waals surface area contributed by atoms with Gasteiger partial charge in [0.05, 0.1) is 0 Å². The maximum atomic E-state index is 6.27. The molecule has 0 N–H and O–H groups in total. The predicted molar refractivity (Wildman–Crippen MR) is 98.8 cm³/mol. The topological polar surface area (TPSA) is 3.24 Å². The maximum absolute atomic E-state index is 6.27. The minimum atomic E-state index is 0.635. The monoisotopic (exact) mass is 323 g/mol. The van der Waals surface area contributed by atoms with E-state index in [0.29, 0.717) is 6.04 Å². The molecule has 0 aromatic heterocycles. The van der Waals surface area contributed by atoms with E-state index in [4.69, 9.17) is 11.6 Å². The molecule has 0 aliphatic heterocycles. The van der Waals surface area contributed by atoms with Gasteiger partial charge >= 0.3 is 0 Å². The van der Waals surface area contributed by atoms with Gasteiger partial charge in [-0.2, -0.15) is 0 Å². The summed E-state index contributed by atoms with van der Waals surface area (Å²) in [6.45, 7) is 0. The van der Waals surface area contributed by atoms with Crippen LogP contribution in [0.5, 0.6) is 0 Å². The average Bonchev–Trinajstić information content (AvgIpc) is 2.68. The molecule has 2 aromatic carbocycles. The fourth-order valence-electron chi connectivity index (χ4n) is 4.11. The number of nitrogens with zero attached hydrogens (tertiary/aromatic N) is 1. The molecule has 118 valence electrons. The molecule has 2 heteroatoms. The number of halogens is 1. The number of benzene rings is 2. The number of hydrogen-bond acceptors (Lipinski definition) is 1. The van der Waals surface area contributed by atoms with E-state index in [1.54, 1.807) is 11.1 Å². The van der Waals surface area contributed by atoms with Gasteiger partial charge in [-0.3, -0.25) is 0 Å². The standard InChI is InChI=1S/C21H22ClN/c1-23(2)17-8-10-20-19-9-7-16(22)12-15(19)11-14-5-3-4-6-18(14)21(20)13-17/h3-7,9,12,17H,8,10-11,13H2,1-2H3. The van der Waals surface area contributed by atoms with Crippen LogP contribution in [-0.2, 0) is 6.42 Å². The number of allylic oxidation sites excluding steroid dienone is 1. The lowest BCUT2D eigenvalue weighted by Crippen LogP contribution is -2.30. The normalized spacial score (nSPS) is 19.9. The SMILES string of the molecule is CN(C)C1CCC2=C(C1)c1ccccc1Cc1cc(Cl)ccc12. The van der Waals surface area contributed by atoms with E-state index in [9.17, 15) is 0 Å². The van der Waals surface area contributed by atoms with Crippen LogP contribution < -0.4 is 0 Å². The second-order valence-electron chi connectivity index (χ2n) is 6.95. The van der Waals surface area contributed by atoms with E-state index in [0.717, 1.165) is 24.3 Å². The van der Waals surface area contributed by atoms with Gasteiger partial charge in [0, 0.05) is 11.1 Å². The molecule has 2 aliphatic rings. The zero-order valence-corrected chi connectivity index (χ0v) is 14.5. The molecular formula is C21H22ClN. The van der Waals surface area contributed by atoms with Gasteiger partial charge in [0.25, 0.3) is 0 Å². The first-order valence-electron chi connectivity index (χ1n) is 8.39. The van der Waals surface area contributed by atoms with Gasteiger partial charge in [0.1, 0.15) is 0 Å². The van der Waals surface area contributed by atoms with Crippen LogP contribution in [0.3, 0.4) is 0 Å². The van der Waals surface area contributed by atoms with Crippen molar-refractivity contribution >= 4 is 22.7 Å². The summed E-state index contributed by atoms with van der Waals surface area (Å²) in [7, 11) is 4.40. The summed E-state index contributed by atoms with van der Waals surface area (Å²) in [6, 6.07) is 16.0. The maximum Gasteiger partial charge on any atom is 0.0409 e. The molecular weight excluding hydrogens is 302 g/mol. The van der Waals surface area contributed by atoms with Crippen molar-refractivity contribution in [2.45, 2.75) is 31.7 Å². The Bertz CT molecular complexity index is 788. The summed E-state index contributed by atoms with van der Waals surface area (Å²) in [4.78, 5) is 2.38. The highest BCUT2D eigenvalue weighted by atomic mass is 35.5. The van der Waals surface area contributed by atoms with Crippen molar-refractivity contribution in [2.24, 2.45) is 0 Å². The first kappa shape index (κ1) is 15.0. The summed E-state index contributed by atoms with van der Waals surface area (Å²) in [6.07, 6.45) is 4.50. The molecule has 0 bridgehead atoms. The molecule has 2 aliphatic carbocycles. The molecule has 1 unspecified atom stereocenters. The molecule has 0 saturated heterocycles. The van der Waals surface area contributed by atoms with Crippen molar-refractivity contribution in [1.29, 1.82) is 0 Å². The zero-order valence-electron chi connectivity index (χ0n) is 13.8. The van der Waals surface area contributed by atoms with Crippen LogP contribution in [0.4, 0.5) is 0 Å². The molecule has 0 radical (unpaired) electrons. The molecule has 0 spiro atoms. The zero-order chi connectivity index (χ0) is 16.0. The molecule has 1 atom stereocenters. The van der Waals surface area contributed by atoms with Gasteiger partial charge in [-0.15, -0.1) is 0 Å². The summed E-state index contributed by atoms with van der Waals surface area (Å²) in [5.41, 5.74) is 8.75. The van der Waals surface area contributed by atoms with Gasteiger partial charge in [-0.25, -0.2) is 0 Å². The minimum absolute atomic E-state index is 0.635. The largest absolute Gasteiger partial charge is 0.306 e. The first-order valence-corrected chi connectivity index (χ1v) is 8.77. The van der Waals surface area contributed by atoms with E-state index < -0.39 is 0 Å². The molecule has 4 rings (SSSR count). The van der Waals surface area contributed by atoms with Crippen LogP contribution in [0.25, 0.3) is 11.1 Å². The summed E-state index contributed by atoms with van der Waals surface area (Å²) in [5, 5.41) is 0.840. The van der Waals surface area contributed by atoms with Crippen LogP contribution >= 0.6 is 11.6 Å². The van der Waals surface area contributed by atoms with E-state index in [2.05, 4.69) is 55.4 Å². The molecule has 0 saturated carbocycles. The third-order valence-corrected chi connectivity index (χ3v) is 5.61. The van der Waals surface area contributed by atoms with E-state index >= 15 is 0 Å². The highest BCUT2D eigenvalue weighted by Gasteiger charge is 2.28. The predicted octanol–water partition coefficient (Wildman–Crippen LogP) is 5.27. The number of fused-ring (bicyclic) bond motifs is 4. The van der Waals surface area contributed by atoms with E-state index in [-0.39, 0.29) is 0 Å². The van der Waals surface area contributed by atoms with Gasteiger partial charge in [0.15, 0.2) is 0 Å². The molecule has 1 nitrogen and oxygen atoms in total. The highest BCUT2D eigenvalue weighted by Crippen LogP contribution is 2.44. The van der Waals surface area contributed by atoms with Gasteiger partial charge in [-0.05, 0) is 85.3 Å². The Balaban J connectivity index is 1.94. The molecule has 2 aromatic rings. The van der Waals surface area contributed by atoms with Crippen molar-refractivity contribution in [1.82, 2.24) is 4.90 Å². The highest BCUT2D eigenvalue weighted by molar-refractivity contribution is 6.30. The minimum Gasteiger partial charge on any atom is -0.306 e. The van der Waals surface area contributed by atoms with Crippen LogP contribution in [0.2, 0.25) is 5.02 Å². The lowest BCUT2D eigenvalue weighted by molar-refractivity contribution is 0.281.